The lowest BCUT2D eigenvalue weighted by atomic mass is 9.86. The van der Waals surface area contributed by atoms with Crippen LogP contribution < -0.4 is 4.70 Å². The van der Waals surface area contributed by atoms with Gasteiger partial charge in [0.15, 0.2) is 0 Å². The lowest BCUT2D eigenvalue weighted by Crippen LogP contribution is -3.00. The molecule has 0 saturated carbocycles. The van der Waals surface area contributed by atoms with Gasteiger partial charge < -0.3 is 4.70 Å². The highest BCUT2D eigenvalue weighted by atomic mass is 19.4. The van der Waals surface area contributed by atoms with Crippen molar-refractivity contribution < 1.29 is 22.1 Å². The van der Waals surface area contributed by atoms with Crippen LogP contribution in [-0.4, -0.2) is 7.54 Å². The molecular formula is C26H31BF4O. The highest BCUT2D eigenvalue weighted by Crippen LogP contribution is 2.31. The Morgan fingerprint density at radius 1 is 0.625 bits per heavy atom. The third kappa shape index (κ3) is 7.81. The zero-order valence-corrected chi connectivity index (χ0v) is 19.8. The normalized spacial score (nSPS) is 11.2. The average molecular weight is 446 g/mol. The summed E-state index contributed by atoms with van der Waals surface area (Å²) in [5.74, 6) is 1.83. The SMILES string of the molecule is Cc1cc(-c2ccc(C(C)(C)C)cc2)cc(-c2ccc(C(C)(C)C)cc2)[o+]1.FB(F)F.[F-]. The van der Waals surface area contributed by atoms with Crippen LogP contribution in [0.25, 0.3) is 22.5 Å². The fraction of sp³-hybridized carbons (Fsp3) is 0.346. The molecule has 1 aromatic heterocycles. The highest BCUT2D eigenvalue weighted by Gasteiger charge is 2.19. The van der Waals surface area contributed by atoms with Gasteiger partial charge in [0.1, 0.15) is 0 Å². The van der Waals surface area contributed by atoms with E-state index in [1.807, 2.05) is 6.92 Å². The zero-order chi connectivity index (χ0) is 23.4. The van der Waals surface area contributed by atoms with Crippen molar-refractivity contribution in [3.8, 4) is 22.5 Å². The van der Waals surface area contributed by atoms with Gasteiger partial charge in [-0.2, -0.15) is 0 Å². The first-order valence-electron chi connectivity index (χ1n) is 10.4. The fourth-order valence-electron chi connectivity index (χ4n) is 3.24. The van der Waals surface area contributed by atoms with Crippen molar-refractivity contribution in [2.24, 2.45) is 0 Å². The molecule has 0 spiro atoms. The van der Waals surface area contributed by atoms with Crippen LogP contribution in [0.1, 0.15) is 58.4 Å². The predicted molar refractivity (Wildman–Crippen MR) is 125 cm³/mol. The molecule has 0 fully saturated rings. The third-order valence-electron chi connectivity index (χ3n) is 5.04. The van der Waals surface area contributed by atoms with Crippen molar-refractivity contribution in [1.29, 1.82) is 0 Å². The van der Waals surface area contributed by atoms with E-state index >= 15 is 0 Å². The summed E-state index contributed by atoms with van der Waals surface area (Å²) in [4.78, 5) is 0. The van der Waals surface area contributed by atoms with E-state index in [-0.39, 0.29) is 15.5 Å². The van der Waals surface area contributed by atoms with Gasteiger partial charge in [-0.15, -0.1) is 0 Å². The number of halogens is 4. The molecule has 1 nitrogen and oxygen atoms in total. The second-order valence-corrected chi connectivity index (χ2v) is 9.72. The van der Waals surface area contributed by atoms with Gasteiger partial charge in [0, 0.05) is 11.6 Å². The van der Waals surface area contributed by atoms with E-state index in [0.29, 0.717) is 0 Å². The van der Waals surface area contributed by atoms with Crippen LogP contribution in [0.15, 0.2) is 65.1 Å². The Bertz CT molecular complexity index is 908. The van der Waals surface area contributed by atoms with E-state index in [9.17, 15) is 12.9 Å². The largest absolute Gasteiger partial charge is 1.00 e. The minimum atomic E-state index is -3.67. The van der Waals surface area contributed by atoms with Gasteiger partial charge in [-0.05, 0) is 39.7 Å². The Morgan fingerprint density at radius 2 is 1.00 bits per heavy atom. The monoisotopic (exact) mass is 446 g/mol. The summed E-state index contributed by atoms with van der Waals surface area (Å²) < 4.78 is 35.0. The molecule has 0 aliphatic heterocycles. The van der Waals surface area contributed by atoms with Crippen molar-refractivity contribution in [3.05, 3.63) is 77.6 Å². The summed E-state index contributed by atoms with van der Waals surface area (Å²) >= 11 is 0. The lowest BCUT2D eigenvalue weighted by Gasteiger charge is -2.19. The lowest BCUT2D eigenvalue weighted by molar-refractivity contribution is -0.0000107. The Balaban J connectivity index is 0.000000945. The van der Waals surface area contributed by atoms with E-state index < -0.39 is 7.54 Å². The van der Waals surface area contributed by atoms with Crippen LogP contribution >= 0.6 is 0 Å². The molecule has 0 atom stereocenters. The van der Waals surface area contributed by atoms with Crippen LogP contribution in [0.3, 0.4) is 0 Å². The molecule has 0 unspecified atom stereocenters. The standard InChI is InChI=1S/C26H31O.BF3.FH/c1-18-16-21(19-8-12-22(13-9-19)25(2,3)4)17-24(27-18)20-10-14-23(15-11-20)26(5,6)7;2-1(3)4;/h8-17H,1-7H3;;1H/q+1;;/p-1. The molecule has 1 heterocycles. The quantitative estimate of drug-likeness (QED) is 0.280. The number of benzene rings is 2. The van der Waals surface area contributed by atoms with Gasteiger partial charge in [0.05, 0.1) is 18.6 Å². The molecule has 0 aliphatic carbocycles. The summed E-state index contributed by atoms with van der Waals surface area (Å²) in [6, 6.07) is 21.8. The summed E-state index contributed by atoms with van der Waals surface area (Å²) in [5, 5.41) is 0. The first-order chi connectivity index (χ1) is 14.3. The van der Waals surface area contributed by atoms with E-state index in [4.69, 9.17) is 4.42 Å². The average Bonchev–Trinajstić information content (AvgIpc) is 2.66. The van der Waals surface area contributed by atoms with Gasteiger partial charge in [-0.1, -0.05) is 77.9 Å². The van der Waals surface area contributed by atoms with Crippen molar-refractivity contribution in [3.63, 3.8) is 0 Å². The first kappa shape index (κ1) is 27.4. The molecule has 0 aliphatic rings. The Morgan fingerprint density at radius 3 is 1.38 bits per heavy atom. The minimum absolute atomic E-state index is 0. The molecule has 0 amide bonds. The summed E-state index contributed by atoms with van der Waals surface area (Å²) in [6.45, 7) is 15.4. The smallest absolute Gasteiger partial charge is 0.762 e. The fourth-order valence-corrected chi connectivity index (χ4v) is 3.24. The molecule has 172 valence electrons. The molecule has 2 aromatic carbocycles. The number of rotatable bonds is 2. The van der Waals surface area contributed by atoms with Crippen LogP contribution in [0.4, 0.5) is 12.9 Å². The van der Waals surface area contributed by atoms with Crippen molar-refractivity contribution in [1.82, 2.24) is 0 Å². The molecule has 3 rings (SSSR count). The molecule has 0 bridgehead atoms. The number of hydrogen-bond acceptors (Lipinski definition) is 0. The van der Waals surface area contributed by atoms with Gasteiger partial charge >= 0.3 is 19.1 Å². The maximum absolute atomic E-state index is 9.67. The molecule has 6 heteroatoms. The molecule has 3 aromatic rings. The van der Waals surface area contributed by atoms with Crippen LogP contribution in [-0.2, 0) is 10.8 Å². The third-order valence-corrected chi connectivity index (χ3v) is 5.04. The van der Waals surface area contributed by atoms with Gasteiger partial charge in [-0.25, -0.2) is 4.42 Å². The van der Waals surface area contributed by atoms with E-state index in [2.05, 4.69) is 102 Å². The van der Waals surface area contributed by atoms with Crippen molar-refractivity contribution in [2.45, 2.75) is 59.3 Å². The molecule has 32 heavy (non-hydrogen) atoms. The maximum atomic E-state index is 9.67. The Labute approximate surface area is 189 Å². The number of hydrogen-bond donors (Lipinski definition) is 0. The van der Waals surface area contributed by atoms with E-state index in [1.165, 1.54) is 22.3 Å². The predicted octanol–water partition coefficient (Wildman–Crippen LogP) is 5.68. The van der Waals surface area contributed by atoms with Crippen molar-refractivity contribution in [2.75, 3.05) is 0 Å². The molecule has 0 N–H and O–H groups in total. The molecular weight excluding hydrogens is 415 g/mol. The highest BCUT2D eigenvalue weighted by molar-refractivity contribution is 6.33. The van der Waals surface area contributed by atoms with Crippen molar-refractivity contribution >= 4 is 7.54 Å². The van der Waals surface area contributed by atoms with E-state index in [1.54, 1.807) is 0 Å². The Kier molecular flexibility index (Phi) is 9.25. The van der Waals surface area contributed by atoms with Crippen LogP contribution in [0.5, 0.6) is 0 Å². The second-order valence-electron chi connectivity index (χ2n) is 9.72. The van der Waals surface area contributed by atoms with Gasteiger partial charge in [0.25, 0.3) is 0 Å². The zero-order valence-electron chi connectivity index (χ0n) is 19.8. The second kappa shape index (κ2) is 10.8. The Hall–Kier alpha value is -2.63. The van der Waals surface area contributed by atoms with Gasteiger partial charge in [-0.3, -0.25) is 12.9 Å². The van der Waals surface area contributed by atoms with Gasteiger partial charge in [0.2, 0.25) is 0 Å². The van der Waals surface area contributed by atoms with Crippen LogP contribution in [0.2, 0.25) is 0 Å². The molecule has 0 radical (unpaired) electrons. The summed E-state index contributed by atoms with van der Waals surface area (Å²) in [6.07, 6.45) is 0. The van der Waals surface area contributed by atoms with Crippen LogP contribution in [0, 0.1) is 6.92 Å². The summed E-state index contributed by atoms with van der Waals surface area (Å²) in [5.41, 5.74) is 6.52. The number of aryl methyl sites for hydroxylation is 1. The molecule has 0 saturated heterocycles. The maximum Gasteiger partial charge on any atom is 0.762 e. The summed E-state index contributed by atoms with van der Waals surface area (Å²) in [7, 11) is -3.67. The van der Waals surface area contributed by atoms with E-state index in [0.717, 1.165) is 17.1 Å². The topological polar surface area (TPSA) is 11.3 Å². The first-order valence-corrected chi connectivity index (χ1v) is 10.4. The minimum Gasteiger partial charge on any atom is -1.00 e.